The molecule has 1 fully saturated rings. The summed E-state index contributed by atoms with van der Waals surface area (Å²) in [6, 6.07) is 2.52. The number of rotatable bonds is 6. The van der Waals surface area contributed by atoms with Crippen molar-refractivity contribution in [2.24, 2.45) is 0 Å². The molecule has 0 saturated carbocycles. The van der Waals surface area contributed by atoms with Crippen LogP contribution in [-0.2, 0) is 0 Å². The highest BCUT2D eigenvalue weighted by Crippen LogP contribution is 2.14. The van der Waals surface area contributed by atoms with Gasteiger partial charge in [0.25, 0.3) is 0 Å². The Morgan fingerprint density at radius 3 is 3.11 bits per heavy atom. The molecule has 1 aliphatic rings. The maximum absolute atomic E-state index is 5.40. The molecule has 1 aliphatic heterocycles. The molecule has 0 spiro atoms. The zero-order valence-corrected chi connectivity index (χ0v) is 11.2. The van der Waals surface area contributed by atoms with Crippen LogP contribution in [0.25, 0.3) is 0 Å². The molecule has 1 atom stereocenters. The number of aryl methyl sites for hydroxylation is 1. The van der Waals surface area contributed by atoms with Gasteiger partial charge in [-0.1, -0.05) is 0 Å². The third-order valence-electron chi connectivity index (χ3n) is 3.07. The first-order chi connectivity index (χ1) is 8.78. The molecular weight excluding hydrogens is 228 g/mol. The summed E-state index contributed by atoms with van der Waals surface area (Å²) < 4.78 is 5.40. The SMILES string of the molecule is CCOc1cc(NCCC2CCCN2)nc(C)n1. The van der Waals surface area contributed by atoms with Gasteiger partial charge in [-0.3, -0.25) is 0 Å². The molecule has 1 aromatic heterocycles. The first-order valence-electron chi connectivity index (χ1n) is 6.73. The molecule has 5 nitrogen and oxygen atoms in total. The lowest BCUT2D eigenvalue weighted by Crippen LogP contribution is -2.24. The van der Waals surface area contributed by atoms with Crippen molar-refractivity contribution in [3.63, 3.8) is 0 Å². The molecule has 18 heavy (non-hydrogen) atoms. The molecule has 0 radical (unpaired) electrons. The van der Waals surface area contributed by atoms with E-state index in [-0.39, 0.29) is 0 Å². The molecule has 2 N–H and O–H groups in total. The summed E-state index contributed by atoms with van der Waals surface area (Å²) in [6.07, 6.45) is 3.72. The summed E-state index contributed by atoms with van der Waals surface area (Å²) in [6.45, 7) is 6.55. The summed E-state index contributed by atoms with van der Waals surface area (Å²) in [4.78, 5) is 8.58. The van der Waals surface area contributed by atoms with Crippen molar-refractivity contribution in [1.29, 1.82) is 0 Å². The molecule has 5 heteroatoms. The first-order valence-corrected chi connectivity index (χ1v) is 6.73. The Hall–Kier alpha value is -1.36. The van der Waals surface area contributed by atoms with Crippen LogP contribution in [0.4, 0.5) is 5.82 Å². The molecule has 0 bridgehead atoms. The zero-order chi connectivity index (χ0) is 12.8. The molecule has 2 rings (SSSR count). The Morgan fingerprint density at radius 2 is 2.39 bits per heavy atom. The van der Waals surface area contributed by atoms with Crippen molar-refractivity contribution in [1.82, 2.24) is 15.3 Å². The quantitative estimate of drug-likeness (QED) is 0.805. The number of hydrogen-bond acceptors (Lipinski definition) is 5. The fraction of sp³-hybridized carbons (Fsp3) is 0.692. The third-order valence-corrected chi connectivity index (χ3v) is 3.07. The Morgan fingerprint density at radius 1 is 1.50 bits per heavy atom. The third kappa shape index (κ3) is 3.84. The van der Waals surface area contributed by atoms with Crippen molar-refractivity contribution in [2.75, 3.05) is 25.0 Å². The molecular formula is C13H22N4O. The number of hydrogen-bond donors (Lipinski definition) is 2. The van der Waals surface area contributed by atoms with Crippen LogP contribution in [0.3, 0.4) is 0 Å². The number of ether oxygens (including phenoxy) is 1. The average Bonchev–Trinajstić information content (AvgIpc) is 2.82. The van der Waals surface area contributed by atoms with Crippen LogP contribution < -0.4 is 15.4 Å². The highest BCUT2D eigenvalue weighted by Gasteiger charge is 2.13. The van der Waals surface area contributed by atoms with E-state index in [0.717, 1.165) is 31.2 Å². The second kappa shape index (κ2) is 6.54. The molecule has 100 valence electrons. The van der Waals surface area contributed by atoms with E-state index in [9.17, 15) is 0 Å². The second-order valence-electron chi connectivity index (χ2n) is 4.58. The normalized spacial score (nSPS) is 18.9. The van der Waals surface area contributed by atoms with Gasteiger partial charge in [-0.25, -0.2) is 4.98 Å². The maximum atomic E-state index is 5.40. The van der Waals surface area contributed by atoms with Crippen molar-refractivity contribution >= 4 is 5.82 Å². The smallest absolute Gasteiger partial charge is 0.218 e. The lowest BCUT2D eigenvalue weighted by Gasteiger charge is -2.12. The van der Waals surface area contributed by atoms with E-state index in [1.165, 1.54) is 12.8 Å². The summed E-state index contributed by atoms with van der Waals surface area (Å²) in [5.41, 5.74) is 0. The van der Waals surface area contributed by atoms with Crippen LogP contribution in [0, 0.1) is 6.92 Å². The van der Waals surface area contributed by atoms with Crippen LogP contribution in [0.5, 0.6) is 5.88 Å². The standard InChI is InChI=1S/C13H22N4O/c1-3-18-13-9-12(16-10(2)17-13)15-8-6-11-5-4-7-14-11/h9,11,14H,3-8H2,1-2H3,(H,15,16,17). The van der Waals surface area contributed by atoms with Gasteiger partial charge in [-0.2, -0.15) is 4.98 Å². The van der Waals surface area contributed by atoms with Crippen LogP contribution in [0.1, 0.15) is 32.0 Å². The van der Waals surface area contributed by atoms with Gasteiger partial charge in [0.05, 0.1) is 6.61 Å². The van der Waals surface area contributed by atoms with E-state index in [2.05, 4.69) is 20.6 Å². The fourth-order valence-corrected chi connectivity index (χ4v) is 2.23. The van der Waals surface area contributed by atoms with Crippen LogP contribution in [0.15, 0.2) is 6.07 Å². The molecule has 2 heterocycles. The molecule has 0 aliphatic carbocycles. The maximum Gasteiger partial charge on any atom is 0.218 e. The molecule has 0 aromatic carbocycles. The average molecular weight is 250 g/mol. The predicted octanol–water partition coefficient (Wildman–Crippen LogP) is 1.74. The summed E-state index contributed by atoms with van der Waals surface area (Å²) in [5.74, 6) is 2.23. The molecule has 1 aromatic rings. The minimum Gasteiger partial charge on any atom is -0.478 e. The number of anilines is 1. The monoisotopic (exact) mass is 250 g/mol. The van der Waals surface area contributed by atoms with Crippen LogP contribution >= 0.6 is 0 Å². The van der Waals surface area contributed by atoms with E-state index in [1.54, 1.807) is 0 Å². The van der Waals surface area contributed by atoms with E-state index in [1.807, 2.05) is 19.9 Å². The number of nitrogens with zero attached hydrogens (tertiary/aromatic N) is 2. The van der Waals surface area contributed by atoms with Crippen LogP contribution in [-0.4, -0.2) is 35.7 Å². The fourth-order valence-electron chi connectivity index (χ4n) is 2.23. The lowest BCUT2D eigenvalue weighted by atomic mass is 10.1. The van der Waals surface area contributed by atoms with Crippen molar-refractivity contribution in [3.05, 3.63) is 11.9 Å². The minimum atomic E-state index is 0.627. The van der Waals surface area contributed by atoms with E-state index >= 15 is 0 Å². The van der Waals surface area contributed by atoms with Gasteiger partial charge >= 0.3 is 0 Å². The molecule has 1 saturated heterocycles. The first kappa shape index (κ1) is 13.1. The van der Waals surface area contributed by atoms with E-state index in [0.29, 0.717) is 18.5 Å². The van der Waals surface area contributed by atoms with Gasteiger partial charge in [0.1, 0.15) is 11.6 Å². The summed E-state index contributed by atoms with van der Waals surface area (Å²) in [5, 5.41) is 6.83. The Kier molecular flexibility index (Phi) is 4.75. The lowest BCUT2D eigenvalue weighted by molar-refractivity contribution is 0.325. The van der Waals surface area contributed by atoms with Crippen LogP contribution in [0.2, 0.25) is 0 Å². The molecule has 0 amide bonds. The molecule has 1 unspecified atom stereocenters. The number of aromatic nitrogens is 2. The number of nitrogens with one attached hydrogen (secondary N) is 2. The Balaban J connectivity index is 1.83. The highest BCUT2D eigenvalue weighted by atomic mass is 16.5. The van der Waals surface area contributed by atoms with Gasteiger partial charge in [0, 0.05) is 18.7 Å². The Labute approximate surface area is 108 Å². The van der Waals surface area contributed by atoms with Gasteiger partial charge in [0.2, 0.25) is 5.88 Å². The van der Waals surface area contributed by atoms with E-state index in [4.69, 9.17) is 4.74 Å². The van der Waals surface area contributed by atoms with Crippen molar-refractivity contribution in [2.45, 2.75) is 39.2 Å². The van der Waals surface area contributed by atoms with Gasteiger partial charge in [-0.05, 0) is 39.7 Å². The van der Waals surface area contributed by atoms with Gasteiger partial charge < -0.3 is 15.4 Å². The van der Waals surface area contributed by atoms with Crippen molar-refractivity contribution in [3.8, 4) is 5.88 Å². The largest absolute Gasteiger partial charge is 0.478 e. The zero-order valence-electron chi connectivity index (χ0n) is 11.2. The summed E-state index contributed by atoms with van der Waals surface area (Å²) in [7, 11) is 0. The van der Waals surface area contributed by atoms with E-state index < -0.39 is 0 Å². The van der Waals surface area contributed by atoms with Gasteiger partial charge in [0.15, 0.2) is 0 Å². The second-order valence-corrected chi connectivity index (χ2v) is 4.58. The Bertz CT molecular complexity index is 377. The topological polar surface area (TPSA) is 59.1 Å². The minimum absolute atomic E-state index is 0.627. The van der Waals surface area contributed by atoms with Gasteiger partial charge in [-0.15, -0.1) is 0 Å². The highest BCUT2D eigenvalue weighted by molar-refractivity contribution is 5.38. The van der Waals surface area contributed by atoms with Crippen molar-refractivity contribution < 1.29 is 4.74 Å². The summed E-state index contributed by atoms with van der Waals surface area (Å²) >= 11 is 0. The predicted molar refractivity (Wildman–Crippen MR) is 72.1 cm³/mol.